The van der Waals surface area contributed by atoms with Crippen LogP contribution < -0.4 is 19.3 Å². The Hall–Kier alpha value is -3.94. The van der Waals surface area contributed by atoms with Crippen molar-refractivity contribution in [2.75, 3.05) is 23.5 Å². The fraction of sp³-hybridized carbons (Fsp3) is 0.333. The third-order valence-corrected chi connectivity index (χ3v) is 7.01. The predicted octanol–water partition coefficient (Wildman–Crippen LogP) is 3.36. The molecule has 35 heavy (non-hydrogen) atoms. The van der Waals surface area contributed by atoms with E-state index in [4.69, 9.17) is 9.47 Å². The molecule has 3 aliphatic rings. The fourth-order valence-corrected chi connectivity index (χ4v) is 5.16. The van der Waals surface area contributed by atoms with Crippen LogP contribution in [0.3, 0.4) is 0 Å². The van der Waals surface area contributed by atoms with Gasteiger partial charge < -0.3 is 14.4 Å². The number of hydrogen-bond donors (Lipinski definition) is 0. The molecule has 0 N–H and O–H groups in total. The molecule has 2 heterocycles. The number of fused-ring (bicyclic) bond motifs is 1. The van der Waals surface area contributed by atoms with Crippen molar-refractivity contribution in [1.82, 2.24) is 0 Å². The fourth-order valence-electron chi connectivity index (χ4n) is 5.16. The topological polar surface area (TPSA) is 93.2 Å². The normalized spacial score (nSPS) is 25.7. The van der Waals surface area contributed by atoms with Gasteiger partial charge in [-0.3, -0.25) is 24.1 Å². The zero-order valence-electron chi connectivity index (χ0n) is 19.5. The summed E-state index contributed by atoms with van der Waals surface area (Å²) < 4.78 is 10.7. The van der Waals surface area contributed by atoms with E-state index in [2.05, 4.69) is 0 Å². The van der Waals surface area contributed by atoms with Crippen LogP contribution in [0.25, 0.3) is 0 Å². The highest BCUT2D eigenvalue weighted by Gasteiger charge is 2.50. The van der Waals surface area contributed by atoms with Gasteiger partial charge in [0.1, 0.15) is 11.5 Å². The Morgan fingerprint density at radius 3 is 2.46 bits per heavy atom. The lowest BCUT2D eigenvalue weighted by Crippen LogP contribution is -2.31. The average molecular weight is 475 g/mol. The SMILES string of the molecule is COc1cccc(N2C[C@H](C(=O)Oc3ccc(N4C(=O)[C@@H]5[C@H](C)C=CC[C@@H]5C4=O)cc3)CC2=O)c1. The number of imide groups is 1. The van der Waals surface area contributed by atoms with Crippen LogP contribution >= 0.6 is 0 Å². The first kappa shape index (κ1) is 22.8. The summed E-state index contributed by atoms with van der Waals surface area (Å²) in [5, 5.41) is 0. The predicted molar refractivity (Wildman–Crippen MR) is 128 cm³/mol. The van der Waals surface area contributed by atoms with Crippen molar-refractivity contribution in [2.45, 2.75) is 19.8 Å². The van der Waals surface area contributed by atoms with Crippen LogP contribution in [0.2, 0.25) is 0 Å². The molecule has 0 saturated carbocycles. The molecule has 2 fully saturated rings. The van der Waals surface area contributed by atoms with Gasteiger partial charge in [-0.1, -0.05) is 25.1 Å². The molecule has 0 bridgehead atoms. The zero-order chi connectivity index (χ0) is 24.7. The van der Waals surface area contributed by atoms with Gasteiger partial charge in [0.15, 0.2) is 0 Å². The lowest BCUT2D eigenvalue weighted by molar-refractivity contribution is -0.139. The third kappa shape index (κ3) is 4.09. The van der Waals surface area contributed by atoms with Crippen LogP contribution in [-0.2, 0) is 19.2 Å². The molecule has 0 spiro atoms. The average Bonchev–Trinajstić information content (AvgIpc) is 3.38. The van der Waals surface area contributed by atoms with Gasteiger partial charge in [0.25, 0.3) is 0 Å². The zero-order valence-corrected chi connectivity index (χ0v) is 19.5. The lowest BCUT2D eigenvalue weighted by Gasteiger charge is -2.22. The largest absolute Gasteiger partial charge is 0.497 e. The smallest absolute Gasteiger partial charge is 0.316 e. The Morgan fingerprint density at radius 1 is 0.971 bits per heavy atom. The summed E-state index contributed by atoms with van der Waals surface area (Å²) in [7, 11) is 1.55. The van der Waals surface area contributed by atoms with Crippen molar-refractivity contribution in [3.63, 3.8) is 0 Å². The number of allylic oxidation sites excluding steroid dienone is 2. The first-order chi connectivity index (χ1) is 16.9. The molecule has 2 saturated heterocycles. The maximum atomic E-state index is 13.0. The minimum atomic E-state index is -0.604. The highest BCUT2D eigenvalue weighted by Crippen LogP contribution is 2.40. The second-order valence-electron chi connectivity index (χ2n) is 9.19. The molecule has 4 atom stereocenters. The van der Waals surface area contributed by atoms with E-state index >= 15 is 0 Å². The Labute approximate surface area is 203 Å². The van der Waals surface area contributed by atoms with E-state index in [0.717, 1.165) is 0 Å². The van der Waals surface area contributed by atoms with Crippen molar-refractivity contribution in [1.29, 1.82) is 0 Å². The standard InChI is InChI=1S/C27H26N2O6/c1-16-5-3-8-22-24(16)26(32)29(25(22)31)18-9-11-20(12-10-18)35-27(33)17-13-23(30)28(15-17)19-6-4-7-21(14-19)34-2/h3-7,9-12,14,16-17,22,24H,8,13,15H2,1-2H3/t16-,17-,22+,24-/m1/s1. The minimum Gasteiger partial charge on any atom is -0.497 e. The van der Waals surface area contributed by atoms with Crippen LogP contribution in [-0.4, -0.2) is 37.3 Å². The van der Waals surface area contributed by atoms with Crippen molar-refractivity contribution in [2.24, 2.45) is 23.7 Å². The summed E-state index contributed by atoms with van der Waals surface area (Å²) >= 11 is 0. The Kier molecular flexibility index (Phi) is 5.88. The molecular weight excluding hydrogens is 448 g/mol. The summed E-state index contributed by atoms with van der Waals surface area (Å²) in [6.07, 6.45) is 4.58. The number of anilines is 2. The first-order valence-electron chi connectivity index (χ1n) is 11.7. The van der Waals surface area contributed by atoms with Crippen molar-refractivity contribution in [3.8, 4) is 11.5 Å². The molecule has 0 unspecified atom stereocenters. The summed E-state index contributed by atoms with van der Waals surface area (Å²) in [6.45, 7) is 2.17. The van der Waals surface area contributed by atoms with Crippen LogP contribution in [0.4, 0.5) is 11.4 Å². The van der Waals surface area contributed by atoms with E-state index in [9.17, 15) is 19.2 Å². The van der Waals surface area contributed by atoms with Gasteiger partial charge in [-0.25, -0.2) is 0 Å². The number of carbonyl (C=O) groups is 4. The van der Waals surface area contributed by atoms with Gasteiger partial charge in [-0.05, 0) is 48.7 Å². The van der Waals surface area contributed by atoms with Crippen molar-refractivity contribution in [3.05, 3.63) is 60.7 Å². The van der Waals surface area contributed by atoms with E-state index in [-0.39, 0.29) is 54.2 Å². The maximum Gasteiger partial charge on any atom is 0.316 e. The summed E-state index contributed by atoms with van der Waals surface area (Å²) in [4.78, 5) is 53.9. The number of benzene rings is 2. The second-order valence-corrected chi connectivity index (χ2v) is 9.19. The van der Waals surface area contributed by atoms with E-state index < -0.39 is 11.9 Å². The Morgan fingerprint density at radius 2 is 1.74 bits per heavy atom. The van der Waals surface area contributed by atoms with Crippen molar-refractivity contribution < 1.29 is 28.7 Å². The Bertz CT molecular complexity index is 1220. The summed E-state index contributed by atoms with van der Waals surface area (Å²) in [5.41, 5.74) is 1.13. The highest BCUT2D eigenvalue weighted by molar-refractivity contribution is 6.22. The molecule has 2 aromatic carbocycles. The molecule has 0 radical (unpaired) electrons. The van der Waals surface area contributed by atoms with E-state index in [1.165, 1.54) is 4.90 Å². The van der Waals surface area contributed by atoms with Crippen LogP contribution in [0.15, 0.2) is 60.7 Å². The molecule has 2 aliphatic heterocycles. The van der Waals surface area contributed by atoms with Gasteiger partial charge in [-0.15, -0.1) is 0 Å². The quantitative estimate of drug-likeness (QED) is 0.286. The summed E-state index contributed by atoms with van der Waals surface area (Å²) in [6, 6.07) is 13.5. The number of esters is 1. The molecule has 8 heteroatoms. The highest BCUT2D eigenvalue weighted by atomic mass is 16.5. The van der Waals surface area contributed by atoms with E-state index in [0.29, 0.717) is 23.5 Å². The monoisotopic (exact) mass is 474 g/mol. The minimum absolute atomic E-state index is 0.0149. The molecule has 5 rings (SSSR count). The van der Waals surface area contributed by atoms with Gasteiger partial charge >= 0.3 is 5.97 Å². The first-order valence-corrected chi connectivity index (χ1v) is 11.7. The number of methoxy groups -OCH3 is 1. The van der Waals surface area contributed by atoms with E-state index in [1.807, 2.05) is 19.1 Å². The van der Waals surface area contributed by atoms with Gasteiger partial charge in [-0.2, -0.15) is 0 Å². The van der Waals surface area contributed by atoms with Crippen LogP contribution in [0.5, 0.6) is 11.5 Å². The number of nitrogens with zero attached hydrogens (tertiary/aromatic N) is 2. The van der Waals surface area contributed by atoms with Crippen LogP contribution in [0.1, 0.15) is 19.8 Å². The molecule has 2 aromatic rings. The molecule has 3 amide bonds. The number of rotatable bonds is 5. The summed E-state index contributed by atoms with van der Waals surface area (Å²) in [5.74, 6) is -1.38. The lowest BCUT2D eigenvalue weighted by atomic mass is 9.78. The van der Waals surface area contributed by atoms with Gasteiger partial charge in [0.05, 0.1) is 30.6 Å². The van der Waals surface area contributed by atoms with Crippen LogP contribution in [0, 0.1) is 23.7 Å². The van der Waals surface area contributed by atoms with Crippen molar-refractivity contribution >= 4 is 35.1 Å². The number of hydrogen-bond acceptors (Lipinski definition) is 6. The molecule has 8 nitrogen and oxygen atoms in total. The molecule has 0 aromatic heterocycles. The molecular formula is C27H26N2O6. The number of carbonyl (C=O) groups excluding carboxylic acids is 4. The molecule has 1 aliphatic carbocycles. The van der Waals surface area contributed by atoms with Gasteiger partial charge in [0.2, 0.25) is 17.7 Å². The second kappa shape index (κ2) is 9.02. The molecule has 180 valence electrons. The maximum absolute atomic E-state index is 13.0. The van der Waals surface area contributed by atoms with Gasteiger partial charge in [0, 0.05) is 24.7 Å². The number of ether oxygens (including phenoxy) is 2. The van der Waals surface area contributed by atoms with E-state index in [1.54, 1.807) is 60.5 Å². The third-order valence-electron chi connectivity index (χ3n) is 7.01. The Balaban J connectivity index is 1.25. The number of amides is 3.